The molecule has 2 amide bonds. The molecule has 0 saturated heterocycles. The van der Waals surface area contributed by atoms with Crippen molar-refractivity contribution in [3.05, 3.63) is 64.7 Å². The van der Waals surface area contributed by atoms with E-state index in [1.54, 1.807) is 55.1 Å². The van der Waals surface area contributed by atoms with Gasteiger partial charge >= 0.3 is 0 Å². The highest BCUT2D eigenvalue weighted by Gasteiger charge is 2.08. The summed E-state index contributed by atoms with van der Waals surface area (Å²) in [4.78, 5) is 32.6. The third-order valence-electron chi connectivity index (χ3n) is 4.18. The molecule has 0 bridgehead atoms. The number of pyridine rings is 1. The van der Waals surface area contributed by atoms with Crippen LogP contribution in [0.15, 0.2) is 54.2 Å². The van der Waals surface area contributed by atoms with Crippen molar-refractivity contribution in [2.24, 2.45) is 0 Å². The van der Waals surface area contributed by atoms with Gasteiger partial charge in [0.2, 0.25) is 5.91 Å². The number of nitrogens with zero attached hydrogens (tertiary/aromatic N) is 2. The molecule has 29 heavy (non-hydrogen) atoms. The van der Waals surface area contributed by atoms with Gasteiger partial charge in [-0.15, -0.1) is 11.3 Å². The molecule has 0 aliphatic heterocycles. The first-order valence-electron chi connectivity index (χ1n) is 9.19. The molecule has 2 aromatic heterocycles. The third kappa shape index (κ3) is 6.11. The van der Waals surface area contributed by atoms with Gasteiger partial charge in [-0.25, -0.2) is 4.98 Å². The molecule has 0 aliphatic rings. The van der Waals surface area contributed by atoms with Crippen LogP contribution in [0, 0.1) is 0 Å². The summed E-state index contributed by atoms with van der Waals surface area (Å²) in [6.07, 6.45) is 5.06. The number of methoxy groups -OCH3 is 1. The summed E-state index contributed by atoms with van der Waals surface area (Å²) in [6, 6.07) is 10.6. The molecule has 2 N–H and O–H groups in total. The fourth-order valence-corrected chi connectivity index (χ4v) is 3.47. The van der Waals surface area contributed by atoms with Crippen LogP contribution in [0.4, 0.5) is 0 Å². The van der Waals surface area contributed by atoms with Crippen LogP contribution in [0.1, 0.15) is 21.8 Å². The third-order valence-corrected chi connectivity index (χ3v) is 5.09. The number of rotatable bonds is 9. The van der Waals surface area contributed by atoms with E-state index in [1.165, 1.54) is 0 Å². The lowest BCUT2D eigenvalue weighted by atomic mass is 10.2. The molecule has 0 fully saturated rings. The molecule has 0 saturated carbocycles. The molecule has 3 rings (SSSR count). The number of aryl methyl sites for hydroxylation is 1. The second-order valence-electron chi connectivity index (χ2n) is 6.23. The van der Waals surface area contributed by atoms with E-state index in [-0.39, 0.29) is 18.4 Å². The Balaban J connectivity index is 1.35. The monoisotopic (exact) mass is 410 g/mol. The maximum absolute atomic E-state index is 12.0. The number of thiazole rings is 1. The van der Waals surface area contributed by atoms with E-state index in [0.29, 0.717) is 17.9 Å². The number of hydrogen-bond donors (Lipinski definition) is 2. The molecule has 150 valence electrons. The fraction of sp³-hybridized carbons (Fsp3) is 0.238. The van der Waals surface area contributed by atoms with E-state index >= 15 is 0 Å². The minimum absolute atomic E-state index is 0.0612. The van der Waals surface area contributed by atoms with Crippen molar-refractivity contribution in [3.8, 4) is 17.0 Å². The van der Waals surface area contributed by atoms with Crippen LogP contribution in [0.3, 0.4) is 0 Å². The summed E-state index contributed by atoms with van der Waals surface area (Å²) in [5.74, 6) is 0.158. The van der Waals surface area contributed by atoms with Crippen LogP contribution in [0.2, 0.25) is 0 Å². The second kappa shape index (κ2) is 10.3. The number of carbonyl (C=O) groups is 2. The van der Waals surface area contributed by atoms with Crippen LogP contribution in [0.25, 0.3) is 11.3 Å². The molecule has 0 radical (unpaired) electrons. The van der Waals surface area contributed by atoms with Gasteiger partial charge in [-0.1, -0.05) is 0 Å². The molecule has 0 spiro atoms. The van der Waals surface area contributed by atoms with E-state index < -0.39 is 0 Å². The standard InChI is InChI=1S/C21H22N4O3S/c1-28-17-6-4-16(5-7-17)21(27)24-13-19(26)23-10-2-3-20-25-18(14-29-20)15-8-11-22-12-9-15/h4-9,11-12,14H,2-3,10,13H2,1H3,(H,23,26)(H,24,27). The molecule has 0 atom stereocenters. The van der Waals surface area contributed by atoms with Gasteiger partial charge in [0.1, 0.15) is 5.75 Å². The maximum atomic E-state index is 12.0. The molecular formula is C21H22N4O3S. The van der Waals surface area contributed by atoms with E-state index in [1.807, 2.05) is 17.5 Å². The number of aromatic nitrogens is 2. The average Bonchev–Trinajstić information content (AvgIpc) is 3.25. The number of ether oxygens (including phenoxy) is 1. The van der Waals surface area contributed by atoms with E-state index in [0.717, 1.165) is 29.1 Å². The van der Waals surface area contributed by atoms with Gasteiger partial charge in [0.05, 0.1) is 24.4 Å². The summed E-state index contributed by atoms with van der Waals surface area (Å²) < 4.78 is 5.06. The lowest BCUT2D eigenvalue weighted by molar-refractivity contribution is -0.120. The highest BCUT2D eigenvalue weighted by molar-refractivity contribution is 7.09. The zero-order valence-corrected chi connectivity index (χ0v) is 16.9. The molecule has 7 nitrogen and oxygen atoms in total. The summed E-state index contributed by atoms with van der Waals surface area (Å²) in [5.41, 5.74) is 2.47. The molecule has 3 aromatic rings. The Kier molecular flexibility index (Phi) is 7.29. The zero-order valence-electron chi connectivity index (χ0n) is 16.1. The first-order chi connectivity index (χ1) is 14.2. The van der Waals surface area contributed by atoms with E-state index in [4.69, 9.17) is 4.74 Å². The Labute approximate surface area is 173 Å². The highest BCUT2D eigenvalue weighted by Crippen LogP contribution is 2.21. The molecular weight excluding hydrogens is 388 g/mol. The van der Waals surface area contributed by atoms with Crippen LogP contribution in [-0.2, 0) is 11.2 Å². The molecule has 8 heteroatoms. The Bertz CT molecular complexity index is 942. The van der Waals surface area contributed by atoms with Crippen LogP contribution in [-0.4, -0.2) is 42.0 Å². The predicted molar refractivity (Wildman–Crippen MR) is 112 cm³/mol. The maximum Gasteiger partial charge on any atom is 0.251 e. The zero-order chi connectivity index (χ0) is 20.5. The highest BCUT2D eigenvalue weighted by atomic mass is 32.1. The SMILES string of the molecule is COc1ccc(C(=O)NCC(=O)NCCCc2nc(-c3ccncc3)cs2)cc1. The first-order valence-corrected chi connectivity index (χ1v) is 10.1. The minimum Gasteiger partial charge on any atom is -0.497 e. The van der Waals surface area contributed by atoms with Crippen molar-refractivity contribution in [2.45, 2.75) is 12.8 Å². The Morgan fingerprint density at radius 1 is 1.07 bits per heavy atom. The summed E-state index contributed by atoms with van der Waals surface area (Å²) in [7, 11) is 1.56. The van der Waals surface area contributed by atoms with Gasteiger partial charge in [0, 0.05) is 41.9 Å². The van der Waals surface area contributed by atoms with Crippen molar-refractivity contribution in [3.63, 3.8) is 0 Å². The number of nitrogens with one attached hydrogen (secondary N) is 2. The van der Waals surface area contributed by atoms with Gasteiger partial charge in [-0.05, 0) is 42.8 Å². The predicted octanol–water partition coefficient (Wildman–Crippen LogP) is 2.69. The summed E-state index contributed by atoms with van der Waals surface area (Å²) in [5, 5.41) is 8.47. The number of carbonyl (C=O) groups excluding carboxylic acids is 2. The lowest BCUT2D eigenvalue weighted by Crippen LogP contribution is -2.37. The molecule has 0 unspecified atom stereocenters. The Hall–Kier alpha value is -3.26. The minimum atomic E-state index is -0.297. The quantitative estimate of drug-likeness (QED) is 0.529. The molecule has 2 heterocycles. The lowest BCUT2D eigenvalue weighted by Gasteiger charge is -2.07. The fourth-order valence-electron chi connectivity index (χ4n) is 2.62. The van der Waals surface area contributed by atoms with Gasteiger partial charge < -0.3 is 15.4 Å². The van der Waals surface area contributed by atoms with E-state index in [9.17, 15) is 9.59 Å². The van der Waals surface area contributed by atoms with Crippen molar-refractivity contribution in [1.82, 2.24) is 20.6 Å². The summed E-state index contributed by atoms with van der Waals surface area (Å²) >= 11 is 1.61. The van der Waals surface area contributed by atoms with Gasteiger partial charge in [0.15, 0.2) is 0 Å². The Morgan fingerprint density at radius 3 is 2.55 bits per heavy atom. The van der Waals surface area contributed by atoms with Crippen LogP contribution >= 0.6 is 11.3 Å². The normalized spacial score (nSPS) is 10.4. The first kappa shape index (κ1) is 20.5. The van der Waals surface area contributed by atoms with Gasteiger partial charge in [-0.3, -0.25) is 14.6 Å². The topological polar surface area (TPSA) is 93.2 Å². The molecule has 0 aliphatic carbocycles. The van der Waals surface area contributed by atoms with Crippen LogP contribution < -0.4 is 15.4 Å². The van der Waals surface area contributed by atoms with Gasteiger partial charge in [-0.2, -0.15) is 0 Å². The van der Waals surface area contributed by atoms with Crippen molar-refractivity contribution >= 4 is 23.2 Å². The summed E-state index contributed by atoms with van der Waals surface area (Å²) in [6.45, 7) is 0.468. The molecule has 1 aromatic carbocycles. The van der Waals surface area contributed by atoms with Crippen molar-refractivity contribution in [2.75, 3.05) is 20.2 Å². The van der Waals surface area contributed by atoms with E-state index in [2.05, 4.69) is 20.6 Å². The largest absolute Gasteiger partial charge is 0.497 e. The van der Waals surface area contributed by atoms with Crippen molar-refractivity contribution in [1.29, 1.82) is 0 Å². The average molecular weight is 410 g/mol. The number of benzene rings is 1. The van der Waals surface area contributed by atoms with Gasteiger partial charge in [0.25, 0.3) is 5.91 Å². The number of hydrogen-bond acceptors (Lipinski definition) is 6. The Morgan fingerprint density at radius 2 is 1.83 bits per heavy atom. The van der Waals surface area contributed by atoms with Crippen molar-refractivity contribution < 1.29 is 14.3 Å². The smallest absolute Gasteiger partial charge is 0.251 e. The van der Waals surface area contributed by atoms with Crippen LogP contribution in [0.5, 0.6) is 5.75 Å². The number of amides is 2. The second-order valence-corrected chi connectivity index (χ2v) is 7.17.